The molecule has 11 heteroatoms. The fourth-order valence-corrected chi connectivity index (χ4v) is 4.70. The van der Waals surface area contributed by atoms with Gasteiger partial charge >= 0.3 is 13.1 Å². The Labute approximate surface area is 174 Å². The maximum atomic E-state index is 12.5. The number of fused-ring (bicyclic) bond motifs is 1. The Bertz CT molecular complexity index is 767. The molecule has 0 bridgehead atoms. The Morgan fingerprint density at radius 2 is 2.28 bits per heavy atom. The molecule has 3 rings (SSSR count). The van der Waals surface area contributed by atoms with Crippen molar-refractivity contribution in [3.8, 4) is 11.5 Å². The average Bonchev–Trinajstić information content (AvgIpc) is 3.18. The number of carbonyl (C=O) groups excluding carboxylic acids is 1. The van der Waals surface area contributed by atoms with Gasteiger partial charge in [0.2, 0.25) is 5.91 Å². The molecule has 0 saturated carbocycles. The number of hydrogen-bond donors (Lipinski definition) is 4. The van der Waals surface area contributed by atoms with Crippen molar-refractivity contribution in [2.24, 2.45) is 5.73 Å². The van der Waals surface area contributed by atoms with E-state index in [4.69, 9.17) is 15.1 Å². The fourth-order valence-electron chi connectivity index (χ4n) is 3.64. The molecule has 9 nitrogen and oxygen atoms in total. The Kier molecular flexibility index (Phi) is 7.28. The van der Waals surface area contributed by atoms with Crippen molar-refractivity contribution < 1.29 is 29.1 Å². The molecule has 0 aromatic heterocycles. The van der Waals surface area contributed by atoms with Gasteiger partial charge in [0.15, 0.2) is 0 Å². The number of nitrogens with two attached hydrogens (primary N) is 1. The van der Waals surface area contributed by atoms with Gasteiger partial charge < -0.3 is 35.5 Å². The highest BCUT2D eigenvalue weighted by Gasteiger charge is 2.39. The van der Waals surface area contributed by atoms with Crippen LogP contribution in [0.4, 0.5) is 0 Å². The van der Waals surface area contributed by atoms with Gasteiger partial charge in [0.1, 0.15) is 17.1 Å². The maximum Gasteiger partial charge on any atom is 0.536 e. The summed E-state index contributed by atoms with van der Waals surface area (Å²) in [5, 5.41) is 22.8. The Morgan fingerprint density at radius 1 is 1.48 bits per heavy atom. The van der Waals surface area contributed by atoms with Crippen LogP contribution in [-0.2, 0) is 11.2 Å². The van der Waals surface area contributed by atoms with Crippen molar-refractivity contribution in [3.63, 3.8) is 0 Å². The van der Waals surface area contributed by atoms with E-state index in [1.807, 2.05) is 4.90 Å². The van der Waals surface area contributed by atoms with E-state index in [2.05, 4.69) is 5.32 Å². The monoisotopic (exact) mass is 423 g/mol. The number of benzene rings is 1. The molecule has 29 heavy (non-hydrogen) atoms. The minimum Gasteiger partial charge on any atom is -0.534 e. The summed E-state index contributed by atoms with van der Waals surface area (Å²) < 4.78 is 10.6. The number of methoxy groups -OCH3 is 1. The van der Waals surface area contributed by atoms with E-state index in [-0.39, 0.29) is 39.9 Å². The SMILES string of the molecule is COc1ccc2c(c1C(=O)O)OB(O)[C@@H](SCC(=O)N1CCC(NCCN)C1)C2. The van der Waals surface area contributed by atoms with Gasteiger partial charge in [-0.2, -0.15) is 0 Å². The molecular weight excluding hydrogens is 397 g/mol. The smallest absolute Gasteiger partial charge is 0.534 e. The summed E-state index contributed by atoms with van der Waals surface area (Å²) in [5.41, 5.74) is 6.07. The van der Waals surface area contributed by atoms with Crippen LogP contribution in [0.3, 0.4) is 0 Å². The van der Waals surface area contributed by atoms with Gasteiger partial charge in [0.05, 0.1) is 18.0 Å². The van der Waals surface area contributed by atoms with Gasteiger partial charge in [-0.05, 0) is 24.5 Å². The zero-order valence-corrected chi connectivity index (χ0v) is 17.1. The normalized spacial score (nSPS) is 20.9. The maximum absolute atomic E-state index is 12.5. The molecule has 1 unspecified atom stereocenters. The molecule has 0 spiro atoms. The van der Waals surface area contributed by atoms with E-state index in [0.717, 1.165) is 13.0 Å². The van der Waals surface area contributed by atoms with Gasteiger partial charge in [0.25, 0.3) is 0 Å². The highest BCUT2D eigenvalue weighted by Crippen LogP contribution is 2.38. The first kappa shape index (κ1) is 21.8. The summed E-state index contributed by atoms with van der Waals surface area (Å²) in [6.07, 6.45) is 1.30. The minimum absolute atomic E-state index is 0.0194. The number of thioether (sulfide) groups is 1. The lowest BCUT2D eigenvalue weighted by atomic mass is 9.77. The molecule has 2 aliphatic heterocycles. The molecule has 1 saturated heterocycles. The second kappa shape index (κ2) is 9.70. The number of carbonyl (C=O) groups is 2. The van der Waals surface area contributed by atoms with Gasteiger partial charge in [-0.15, -0.1) is 11.8 Å². The van der Waals surface area contributed by atoms with E-state index in [9.17, 15) is 19.7 Å². The minimum atomic E-state index is -1.21. The molecule has 2 atom stereocenters. The van der Waals surface area contributed by atoms with Crippen LogP contribution in [0.5, 0.6) is 11.5 Å². The van der Waals surface area contributed by atoms with Gasteiger partial charge in [0, 0.05) is 32.2 Å². The lowest BCUT2D eigenvalue weighted by molar-refractivity contribution is -0.127. The average molecular weight is 423 g/mol. The summed E-state index contributed by atoms with van der Waals surface area (Å²) in [6, 6.07) is 3.58. The van der Waals surface area contributed by atoms with Crippen LogP contribution >= 0.6 is 11.8 Å². The van der Waals surface area contributed by atoms with Crippen LogP contribution < -0.4 is 20.4 Å². The Hall–Kier alpha value is -1.95. The fraction of sp³-hybridized carbons (Fsp3) is 0.556. The highest BCUT2D eigenvalue weighted by atomic mass is 32.2. The van der Waals surface area contributed by atoms with Crippen LogP contribution in [0.25, 0.3) is 0 Å². The second-order valence-electron chi connectivity index (χ2n) is 7.07. The van der Waals surface area contributed by atoms with E-state index in [0.29, 0.717) is 31.6 Å². The summed E-state index contributed by atoms with van der Waals surface area (Å²) in [7, 11) is 0.176. The summed E-state index contributed by atoms with van der Waals surface area (Å²) in [5.74, 6) is -0.631. The number of aromatic carboxylic acids is 1. The molecular formula is C18H26BN3O6S. The van der Waals surface area contributed by atoms with Crippen molar-refractivity contribution in [2.45, 2.75) is 24.0 Å². The number of rotatable bonds is 8. The Morgan fingerprint density at radius 3 is 2.97 bits per heavy atom. The number of likely N-dealkylation sites (tertiary alicyclic amines) is 1. The Balaban J connectivity index is 1.59. The van der Waals surface area contributed by atoms with Gasteiger partial charge in [-0.25, -0.2) is 4.79 Å². The molecule has 1 fully saturated rings. The third-order valence-corrected chi connectivity index (χ3v) is 6.39. The summed E-state index contributed by atoms with van der Waals surface area (Å²) in [6.45, 7) is 2.66. The zero-order chi connectivity index (χ0) is 21.0. The van der Waals surface area contributed by atoms with E-state index in [1.54, 1.807) is 12.1 Å². The third kappa shape index (κ3) is 4.97. The predicted octanol–water partition coefficient (Wildman–Crippen LogP) is -0.401. The molecule has 2 aliphatic rings. The first-order valence-corrected chi connectivity index (χ1v) is 10.6. The molecule has 1 aromatic carbocycles. The van der Waals surface area contributed by atoms with Crippen molar-refractivity contribution >= 4 is 30.8 Å². The molecule has 1 aromatic rings. The van der Waals surface area contributed by atoms with Crippen LogP contribution in [0.2, 0.25) is 0 Å². The first-order valence-electron chi connectivity index (χ1n) is 9.55. The zero-order valence-electron chi connectivity index (χ0n) is 16.3. The number of carboxylic acid groups (broad SMARTS) is 1. The lowest BCUT2D eigenvalue weighted by Crippen LogP contribution is -2.42. The highest BCUT2D eigenvalue weighted by molar-refractivity contribution is 8.01. The molecule has 2 heterocycles. The van der Waals surface area contributed by atoms with E-state index < -0.39 is 13.1 Å². The van der Waals surface area contributed by atoms with Crippen LogP contribution in [-0.4, -0.2) is 84.3 Å². The number of hydrogen-bond acceptors (Lipinski definition) is 8. The second-order valence-corrected chi connectivity index (χ2v) is 8.29. The molecule has 5 N–H and O–H groups in total. The topological polar surface area (TPSA) is 134 Å². The molecule has 1 amide bonds. The number of ether oxygens (including phenoxy) is 1. The first-order chi connectivity index (χ1) is 13.9. The summed E-state index contributed by atoms with van der Waals surface area (Å²) in [4.78, 5) is 25.9. The largest absolute Gasteiger partial charge is 0.536 e. The standard InChI is InChI=1S/C18H26BN3O6S/c1-27-13-3-2-11-8-14(19(26)28-17(11)16(13)18(24)25)29-10-15(23)22-7-4-12(9-22)21-6-5-20/h2-3,12,14,21,26H,4-10,20H2,1H3,(H,24,25)/t12?,14-/m0/s1. The van der Waals surface area contributed by atoms with Gasteiger partial charge in [-0.1, -0.05) is 6.07 Å². The number of carboxylic acids is 1. The van der Waals surface area contributed by atoms with Crippen LogP contribution in [0.15, 0.2) is 12.1 Å². The number of amides is 1. The van der Waals surface area contributed by atoms with Crippen LogP contribution in [0, 0.1) is 0 Å². The third-order valence-electron chi connectivity index (χ3n) is 5.15. The van der Waals surface area contributed by atoms with E-state index >= 15 is 0 Å². The number of nitrogens with one attached hydrogen (secondary N) is 1. The number of nitrogens with zero attached hydrogens (tertiary/aromatic N) is 1. The lowest BCUT2D eigenvalue weighted by Gasteiger charge is -2.29. The van der Waals surface area contributed by atoms with Crippen molar-refractivity contribution in [1.29, 1.82) is 0 Å². The molecule has 158 valence electrons. The predicted molar refractivity (Wildman–Crippen MR) is 111 cm³/mol. The quantitative estimate of drug-likeness (QED) is 0.412. The van der Waals surface area contributed by atoms with E-state index in [1.165, 1.54) is 18.9 Å². The molecule has 0 radical (unpaired) electrons. The van der Waals surface area contributed by atoms with Crippen LogP contribution in [0.1, 0.15) is 22.3 Å². The van der Waals surface area contributed by atoms with Crippen molar-refractivity contribution in [1.82, 2.24) is 10.2 Å². The summed E-state index contributed by atoms with van der Waals surface area (Å²) >= 11 is 1.32. The van der Waals surface area contributed by atoms with Crippen molar-refractivity contribution in [3.05, 3.63) is 23.3 Å². The molecule has 0 aliphatic carbocycles. The van der Waals surface area contributed by atoms with Gasteiger partial charge in [-0.3, -0.25) is 4.79 Å². The van der Waals surface area contributed by atoms with Crippen molar-refractivity contribution in [2.75, 3.05) is 39.0 Å².